The van der Waals surface area contributed by atoms with Gasteiger partial charge in [-0.2, -0.15) is 5.10 Å². The number of nitrogens with zero attached hydrogens (tertiary/aromatic N) is 5. The quantitative estimate of drug-likeness (QED) is 0.376. The van der Waals surface area contributed by atoms with Crippen LogP contribution < -0.4 is 5.32 Å². The molecule has 2 aromatic carbocycles. The molecule has 0 saturated carbocycles. The van der Waals surface area contributed by atoms with E-state index in [0.29, 0.717) is 10.8 Å². The van der Waals surface area contributed by atoms with Crippen LogP contribution in [-0.4, -0.2) is 35.9 Å². The maximum absolute atomic E-state index is 12.6. The number of aryl methyl sites for hydroxylation is 4. The molecule has 1 amide bonds. The number of carbonyl (C=O) groups is 1. The highest BCUT2D eigenvalue weighted by Crippen LogP contribution is 2.27. The van der Waals surface area contributed by atoms with Crippen LogP contribution in [0.5, 0.6) is 0 Å². The van der Waals surface area contributed by atoms with Gasteiger partial charge >= 0.3 is 0 Å². The summed E-state index contributed by atoms with van der Waals surface area (Å²) in [6.45, 7) is 8.15. The summed E-state index contributed by atoms with van der Waals surface area (Å²) >= 11 is 1.36. The largest absolute Gasteiger partial charge is 0.325 e. The summed E-state index contributed by atoms with van der Waals surface area (Å²) in [4.78, 5) is 12.6. The van der Waals surface area contributed by atoms with Crippen molar-refractivity contribution < 1.29 is 4.79 Å². The van der Waals surface area contributed by atoms with Gasteiger partial charge in [0, 0.05) is 23.6 Å². The molecule has 0 atom stereocenters. The Bertz CT molecular complexity index is 1500. The van der Waals surface area contributed by atoms with Gasteiger partial charge < -0.3 is 5.32 Å². The number of thioether (sulfide) groups is 1. The van der Waals surface area contributed by atoms with Gasteiger partial charge in [0.05, 0.1) is 11.4 Å². The standard InChI is InChI=1S/C25H24N6OS/c1-15-8-9-16(2)19(12-15)20-13-21-24-27-28-25(30(24)10-11-31(21)29-20)33-14-22(32)26-23-17(3)6-5-7-18(23)4/h5-13H,14H2,1-4H3,(H,26,32). The number of anilines is 1. The number of hydrogen-bond donors (Lipinski definition) is 1. The topological polar surface area (TPSA) is 76.6 Å². The second-order valence-corrected chi connectivity index (χ2v) is 9.20. The molecule has 166 valence electrons. The third kappa shape index (κ3) is 3.98. The fraction of sp³-hybridized carbons (Fsp3) is 0.200. The molecule has 7 nitrogen and oxygen atoms in total. The van der Waals surface area contributed by atoms with Crippen molar-refractivity contribution in [1.82, 2.24) is 24.2 Å². The van der Waals surface area contributed by atoms with Crippen molar-refractivity contribution in [3.05, 3.63) is 77.1 Å². The van der Waals surface area contributed by atoms with Gasteiger partial charge in [0.2, 0.25) is 5.91 Å². The van der Waals surface area contributed by atoms with Gasteiger partial charge in [-0.05, 0) is 56.5 Å². The lowest BCUT2D eigenvalue weighted by Crippen LogP contribution is -2.16. The summed E-state index contributed by atoms with van der Waals surface area (Å²) in [6, 6.07) is 14.4. The summed E-state index contributed by atoms with van der Waals surface area (Å²) in [6.07, 6.45) is 3.77. The number of aromatic nitrogens is 5. The Morgan fingerprint density at radius 2 is 1.76 bits per heavy atom. The summed E-state index contributed by atoms with van der Waals surface area (Å²) in [5.41, 5.74) is 8.91. The van der Waals surface area contributed by atoms with Crippen molar-refractivity contribution in [3.8, 4) is 11.3 Å². The van der Waals surface area contributed by atoms with Crippen LogP contribution in [0.3, 0.4) is 0 Å². The van der Waals surface area contributed by atoms with Crippen LogP contribution in [0.4, 0.5) is 5.69 Å². The average molecular weight is 457 g/mol. The lowest BCUT2D eigenvalue weighted by atomic mass is 10.0. The lowest BCUT2D eigenvalue weighted by molar-refractivity contribution is -0.113. The van der Waals surface area contributed by atoms with E-state index in [1.807, 2.05) is 59.4 Å². The predicted octanol–water partition coefficient (Wildman–Crippen LogP) is 5.01. The normalized spacial score (nSPS) is 11.4. The summed E-state index contributed by atoms with van der Waals surface area (Å²) in [7, 11) is 0. The molecule has 3 heterocycles. The molecule has 5 aromatic rings. The molecule has 0 bridgehead atoms. The predicted molar refractivity (Wildman–Crippen MR) is 132 cm³/mol. The lowest BCUT2D eigenvalue weighted by Gasteiger charge is -2.10. The van der Waals surface area contributed by atoms with Gasteiger partial charge in [0.15, 0.2) is 10.8 Å². The minimum Gasteiger partial charge on any atom is -0.325 e. The summed E-state index contributed by atoms with van der Waals surface area (Å²) < 4.78 is 3.73. The number of carbonyl (C=O) groups excluding carboxylic acids is 1. The highest BCUT2D eigenvalue weighted by atomic mass is 32.2. The molecule has 8 heteroatoms. The first-order valence-electron chi connectivity index (χ1n) is 10.7. The first-order chi connectivity index (χ1) is 15.9. The second kappa shape index (κ2) is 8.37. The first kappa shape index (κ1) is 21.2. The fourth-order valence-electron chi connectivity index (χ4n) is 3.95. The Balaban J connectivity index is 1.40. The monoisotopic (exact) mass is 456 g/mol. The Morgan fingerprint density at radius 3 is 2.55 bits per heavy atom. The highest BCUT2D eigenvalue weighted by Gasteiger charge is 2.15. The van der Waals surface area contributed by atoms with Gasteiger partial charge in [-0.3, -0.25) is 9.20 Å². The molecule has 0 radical (unpaired) electrons. The van der Waals surface area contributed by atoms with Crippen LogP contribution in [0, 0.1) is 27.7 Å². The highest BCUT2D eigenvalue weighted by molar-refractivity contribution is 7.99. The van der Waals surface area contributed by atoms with Crippen molar-refractivity contribution in [2.75, 3.05) is 11.1 Å². The molecule has 0 saturated heterocycles. The van der Waals surface area contributed by atoms with Crippen molar-refractivity contribution >= 4 is 34.5 Å². The van der Waals surface area contributed by atoms with E-state index in [1.54, 1.807) is 0 Å². The van der Waals surface area contributed by atoms with Gasteiger partial charge in [0.1, 0.15) is 5.52 Å². The minimum absolute atomic E-state index is 0.0724. The Morgan fingerprint density at radius 1 is 0.970 bits per heavy atom. The van der Waals surface area contributed by atoms with E-state index < -0.39 is 0 Å². The van der Waals surface area contributed by atoms with E-state index in [9.17, 15) is 4.79 Å². The van der Waals surface area contributed by atoms with Crippen molar-refractivity contribution in [1.29, 1.82) is 0 Å². The minimum atomic E-state index is -0.0724. The van der Waals surface area contributed by atoms with E-state index in [1.165, 1.54) is 22.9 Å². The van der Waals surface area contributed by atoms with Crippen molar-refractivity contribution in [3.63, 3.8) is 0 Å². The molecule has 0 fully saturated rings. The van der Waals surface area contributed by atoms with Crippen LogP contribution in [0.25, 0.3) is 22.4 Å². The smallest absolute Gasteiger partial charge is 0.234 e. The molecule has 0 aliphatic rings. The van der Waals surface area contributed by atoms with E-state index in [-0.39, 0.29) is 11.7 Å². The zero-order valence-corrected chi connectivity index (χ0v) is 19.8. The zero-order chi connectivity index (χ0) is 23.1. The number of nitrogens with one attached hydrogen (secondary N) is 1. The van der Waals surface area contributed by atoms with Crippen LogP contribution >= 0.6 is 11.8 Å². The summed E-state index contributed by atoms with van der Waals surface area (Å²) in [5.74, 6) is 0.170. The molecule has 0 aliphatic heterocycles. The molecular formula is C25H24N6OS. The number of para-hydroxylation sites is 1. The Labute approximate surface area is 195 Å². The molecular weight excluding hydrogens is 432 g/mol. The molecule has 5 rings (SSSR count). The first-order valence-corrected chi connectivity index (χ1v) is 11.7. The van der Waals surface area contributed by atoms with Gasteiger partial charge in [-0.25, -0.2) is 4.52 Å². The van der Waals surface area contributed by atoms with Crippen molar-refractivity contribution in [2.45, 2.75) is 32.9 Å². The van der Waals surface area contributed by atoms with E-state index in [2.05, 4.69) is 47.6 Å². The fourth-order valence-corrected chi connectivity index (χ4v) is 4.67. The Kier molecular flexibility index (Phi) is 5.38. The third-order valence-electron chi connectivity index (χ3n) is 5.73. The molecule has 1 N–H and O–H groups in total. The second-order valence-electron chi connectivity index (χ2n) is 8.26. The van der Waals surface area contributed by atoms with Gasteiger partial charge in [-0.1, -0.05) is 47.7 Å². The van der Waals surface area contributed by atoms with Crippen LogP contribution in [0.2, 0.25) is 0 Å². The van der Waals surface area contributed by atoms with E-state index in [4.69, 9.17) is 5.10 Å². The number of benzene rings is 2. The maximum atomic E-state index is 12.6. The molecule has 0 aliphatic carbocycles. The van der Waals surface area contributed by atoms with Crippen LogP contribution in [-0.2, 0) is 4.79 Å². The molecule has 3 aromatic heterocycles. The van der Waals surface area contributed by atoms with Gasteiger partial charge in [0.25, 0.3) is 0 Å². The van der Waals surface area contributed by atoms with Gasteiger partial charge in [-0.15, -0.1) is 10.2 Å². The third-order valence-corrected chi connectivity index (χ3v) is 6.68. The number of rotatable bonds is 5. The molecule has 0 unspecified atom stereocenters. The maximum Gasteiger partial charge on any atom is 0.234 e. The number of amides is 1. The zero-order valence-electron chi connectivity index (χ0n) is 19.0. The molecule has 0 spiro atoms. The van der Waals surface area contributed by atoms with Crippen LogP contribution in [0.1, 0.15) is 22.3 Å². The number of hydrogen-bond acceptors (Lipinski definition) is 5. The molecule has 33 heavy (non-hydrogen) atoms. The Hall–Kier alpha value is -3.65. The number of fused-ring (bicyclic) bond motifs is 3. The SMILES string of the molecule is Cc1ccc(C)c(-c2cc3c4nnc(SCC(=O)Nc5c(C)cccc5C)n4ccn3n2)c1. The van der Waals surface area contributed by atoms with E-state index >= 15 is 0 Å². The summed E-state index contributed by atoms with van der Waals surface area (Å²) in [5, 5.41) is 17.1. The average Bonchev–Trinajstić information content (AvgIpc) is 3.40. The van der Waals surface area contributed by atoms with Crippen LogP contribution in [0.15, 0.2) is 60.0 Å². The van der Waals surface area contributed by atoms with Crippen molar-refractivity contribution in [2.24, 2.45) is 0 Å². The van der Waals surface area contributed by atoms with E-state index in [0.717, 1.165) is 33.6 Å².